The summed E-state index contributed by atoms with van der Waals surface area (Å²) in [6, 6.07) is 3.65. The highest BCUT2D eigenvalue weighted by Crippen LogP contribution is 2.19. The molecule has 0 radical (unpaired) electrons. The molecule has 2 aliphatic heterocycles. The number of aliphatic hydroxyl groups is 1. The predicted octanol–water partition coefficient (Wildman–Crippen LogP) is 0.645. The van der Waals surface area contributed by atoms with E-state index in [0.29, 0.717) is 31.0 Å². The number of amides is 1. The molecule has 8 nitrogen and oxygen atoms in total. The quantitative estimate of drug-likeness (QED) is 0.850. The van der Waals surface area contributed by atoms with Crippen molar-refractivity contribution in [1.29, 1.82) is 0 Å². The standard InChI is InChI=1S/C19H27N5O3/c1-14-9-15(2)24-17(20-14)10-16(21-24)18(25)23-7-8-27-13-19(26,12-23)11-22-5-3-4-6-22/h9-10,26H,3-8,11-13H2,1-2H3/t19-/m1/s1. The van der Waals surface area contributed by atoms with Crippen LogP contribution in [-0.4, -0.2) is 87.0 Å². The second-order valence-corrected chi connectivity index (χ2v) is 7.83. The Morgan fingerprint density at radius 3 is 2.81 bits per heavy atom. The first-order valence-corrected chi connectivity index (χ1v) is 9.59. The lowest BCUT2D eigenvalue weighted by molar-refractivity contribution is -0.0524. The molecule has 0 bridgehead atoms. The van der Waals surface area contributed by atoms with Gasteiger partial charge in [0.25, 0.3) is 5.91 Å². The Hall–Kier alpha value is -2.03. The largest absolute Gasteiger partial charge is 0.384 e. The van der Waals surface area contributed by atoms with Crippen LogP contribution in [0.3, 0.4) is 0 Å². The topological polar surface area (TPSA) is 83.2 Å². The van der Waals surface area contributed by atoms with Crippen molar-refractivity contribution in [1.82, 2.24) is 24.4 Å². The number of ether oxygens (including phenoxy) is 1. The summed E-state index contributed by atoms with van der Waals surface area (Å²) in [5, 5.41) is 15.5. The van der Waals surface area contributed by atoms with Gasteiger partial charge in [0.1, 0.15) is 5.60 Å². The molecule has 0 saturated carbocycles. The van der Waals surface area contributed by atoms with Gasteiger partial charge in [-0.2, -0.15) is 5.10 Å². The molecule has 1 amide bonds. The fraction of sp³-hybridized carbons (Fsp3) is 0.632. The van der Waals surface area contributed by atoms with E-state index in [1.165, 1.54) is 0 Å². The van der Waals surface area contributed by atoms with Crippen LogP contribution in [0.5, 0.6) is 0 Å². The smallest absolute Gasteiger partial charge is 0.274 e. The predicted molar refractivity (Wildman–Crippen MR) is 99.8 cm³/mol. The average Bonchev–Trinajstić information content (AvgIpc) is 3.22. The van der Waals surface area contributed by atoms with Crippen molar-refractivity contribution >= 4 is 11.6 Å². The number of rotatable bonds is 3. The van der Waals surface area contributed by atoms with E-state index in [0.717, 1.165) is 37.3 Å². The highest BCUT2D eigenvalue weighted by atomic mass is 16.5. The lowest BCUT2D eigenvalue weighted by Crippen LogP contribution is -2.53. The van der Waals surface area contributed by atoms with Gasteiger partial charge in [0.05, 0.1) is 19.8 Å². The molecule has 2 fully saturated rings. The maximum atomic E-state index is 13.1. The van der Waals surface area contributed by atoms with Gasteiger partial charge in [-0.15, -0.1) is 0 Å². The van der Waals surface area contributed by atoms with Crippen molar-refractivity contribution in [2.24, 2.45) is 0 Å². The average molecular weight is 373 g/mol. The first kappa shape index (κ1) is 18.3. The zero-order chi connectivity index (χ0) is 19.0. The van der Waals surface area contributed by atoms with Gasteiger partial charge in [-0.1, -0.05) is 0 Å². The monoisotopic (exact) mass is 373 g/mol. The van der Waals surface area contributed by atoms with Crippen LogP contribution in [0.25, 0.3) is 5.65 Å². The summed E-state index contributed by atoms with van der Waals surface area (Å²) >= 11 is 0. The van der Waals surface area contributed by atoms with E-state index in [9.17, 15) is 9.90 Å². The van der Waals surface area contributed by atoms with Crippen LogP contribution >= 0.6 is 0 Å². The van der Waals surface area contributed by atoms with E-state index in [-0.39, 0.29) is 19.1 Å². The zero-order valence-electron chi connectivity index (χ0n) is 16.0. The Balaban J connectivity index is 1.55. The highest BCUT2D eigenvalue weighted by molar-refractivity contribution is 5.93. The second-order valence-electron chi connectivity index (χ2n) is 7.83. The Morgan fingerprint density at radius 2 is 2.04 bits per heavy atom. The maximum absolute atomic E-state index is 13.1. The van der Waals surface area contributed by atoms with Crippen LogP contribution in [0.4, 0.5) is 0 Å². The van der Waals surface area contributed by atoms with E-state index >= 15 is 0 Å². The van der Waals surface area contributed by atoms with Crippen LogP contribution in [0.1, 0.15) is 34.7 Å². The van der Waals surface area contributed by atoms with E-state index in [4.69, 9.17) is 4.74 Å². The van der Waals surface area contributed by atoms with Crippen molar-refractivity contribution in [2.45, 2.75) is 32.3 Å². The van der Waals surface area contributed by atoms with Gasteiger partial charge in [0, 0.05) is 30.5 Å². The summed E-state index contributed by atoms with van der Waals surface area (Å²) in [6.45, 7) is 7.74. The molecule has 2 aliphatic rings. The molecule has 0 aliphatic carbocycles. The molecular weight excluding hydrogens is 346 g/mol. The van der Waals surface area contributed by atoms with Crippen molar-refractivity contribution in [3.05, 3.63) is 29.2 Å². The Kier molecular flexibility index (Phi) is 4.88. The number of hydrogen-bond acceptors (Lipinski definition) is 6. The molecule has 27 heavy (non-hydrogen) atoms. The third-order valence-corrected chi connectivity index (χ3v) is 5.32. The number of β-amino-alcohol motifs (C(OH)–C–C–N with tert-alkyl or cyclic N) is 1. The molecule has 4 heterocycles. The minimum Gasteiger partial charge on any atom is -0.384 e. The minimum absolute atomic E-state index is 0.192. The lowest BCUT2D eigenvalue weighted by Gasteiger charge is -2.33. The third-order valence-electron chi connectivity index (χ3n) is 5.32. The lowest BCUT2D eigenvalue weighted by atomic mass is 10.0. The van der Waals surface area contributed by atoms with E-state index in [1.54, 1.807) is 15.5 Å². The third kappa shape index (κ3) is 3.83. The molecule has 4 rings (SSSR count). The maximum Gasteiger partial charge on any atom is 0.274 e. The molecule has 1 atom stereocenters. The molecule has 0 aromatic carbocycles. The number of carbonyl (C=O) groups excluding carboxylic acids is 1. The zero-order valence-corrected chi connectivity index (χ0v) is 16.0. The van der Waals surface area contributed by atoms with Crippen LogP contribution in [0.2, 0.25) is 0 Å². The van der Waals surface area contributed by atoms with Gasteiger partial charge < -0.3 is 19.6 Å². The van der Waals surface area contributed by atoms with Crippen molar-refractivity contribution in [2.75, 3.05) is 45.9 Å². The highest BCUT2D eigenvalue weighted by Gasteiger charge is 2.37. The molecule has 8 heteroatoms. The van der Waals surface area contributed by atoms with E-state index in [2.05, 4.69) is 15.0 Å². The molecule has 1 N–H and O–H groups in total. The normalized spacial score (nSPS) is 24.5. The molecule has 2 aromatic rings. The first-order valence-electron chi connectivity index (χ1n) is 9.59. The summed E-state index contributed by atoms with van der Waals surface area (Å²) in [5.74, 6) is -0.192. The molecule has 146 valence electrons. The minimum atomic E-state index is -1.06. The van der Waals surface area contributed by atoms with Crippen molar-refractivity contribution in [3.8, 4) is 0 Å². The van der Waals surface area contributed by atoms with E-state index in [1.807, 2.05) is 19.9 Å². The molecule has 0 spiro atoms. The summed E-state index contributed by atoms with van der Waals surface area (Å²) in [5.41, 5.74) is 1.78. The number of fused-ring (bicyclic) bond motifs is 1. The number of carbonyl (C=O) groups is 1. The Bertz CT molecular complexity index is 845. The Labute approximate surface area is 158 Å². The van der Waals surface area contributed by atoms with Gasteiger partial charge in [-0.05, 0) is 45.8 Å². The SMILES string of the molecule is Cc1cc(C)n2nc(C(=O)N3CCOC[C@@](O)(CN4CCCC4)C3)cc2n1. The summed E-state index contributed by atoms with van der Waals surface area (Å²) in [4.78, 5) is 21.4. The number of aryl methyl sites for hydroxylation is 2. The number of nitrogens with zero attached hydrogens (tertiary/aromatic N) is 5. The summed E-state index contributed by atoms with van der Waals surface area (Å²) < 4.78 is 7.31. The second kappa shape index (κ2) is 7.18. The number of aromatic nitrogens is 3. The van der Waals surface area contributed by atoms with Gasteiger partial charge in [0.2, 0.25) is 0 Å². The fourth-order valence-electron chi connectivity index (χ4n) is 4.10. The van der Waals surface area contributed by atoms with Gasteiger partial charge in [0.15, 0.2) is 11.3 Å². The summed E-state index contributed by atoms with van der Waals surface area (Å²) in [7, 11) is 0. The molecule has 0 unspecified atom stereocenters. The first-order chi connectivity index (χ1) is 12.9. The van der Waals surface area contributed by atoms with E-state index < -0.39 is 5.60 Å². The van der Waals surface area contributed by atoms with Gasteiger partial charge in [-0.3, -0.25) is 4.79 Å². The van der Waals surface area contributed by atoms with Crippen LogP contribution < -0.4 is 0 Å². The molecular formula is C19H27N5O3. The number of likely N-dealkylation sites (tertiary alicyclic amines) is 1. The number of hydrogen-bond donors (Lipinski definition) is 1. The van der Waals surface area contributed by atoms with Gasteiger partial charge >= 0.3 is 0 Å². The van der Waals surface area contributed by atoms with Crippen LogP contribution in [-0.2, 0) is 4.74 Å². The fourth-order valence-corrected chi connectivity index (χ4v) is 4.10. The molecule has 2 aromatic heterocycles. The van der Waals surface area contributed by atoms with Crippen LogP contribution in [0.15, 0.2) is 12.1 Å². The van der Waals surface area contributed by atoms with Crippen LogP contribution in [0, 0.1) is 13.8 Å². The Morgan fingerprint density at radius 1 is 1.26 bits per heavy atom. The van der Waals surface area contributed by atoms with Gasteiger partial charge in [-0.25, -0.2) is 9.50 Å². The summed E-state index contributed by atoms with van der Waals surface area (Å²) in [6.07, 6.45) is 2.32. The molecule has 2 saturated heterocycles. The van der Waals surface area contributed by atoms with Crippen molar-refractivity contribution in [3.63, 3.8) is 0 Å². The van der Waals surface area contributed by atoms with Crippen molar-refractivity contribution < 1.29 is 14.6 Å².